The Hall–Kier alpha value is -2.25. The van der Waals surface area contributed by atoms with E-state index in [-0.39, 0.29) is 5.04 Å². The van der Waals surface area contributed by atoms with Gasteiger partial charge in [0, 0.05) is 11.4 Å². The van der Waals surface area contributed by atoms with Crippen LogP contribution in [0.15, 0.2) is 48.5 Å². The van der Waals surface area contributed by atoms with Crippen molar-refractivity contribution in [2.75, 3.05) is 5.32 Å². The van der Waals surface area contributed by atoms with E-state index in [9.17, 15) is 0 Å². The molecule has 2 aromatic carbocycles. The van der Waals surface area contributed by atoms with E-state index < -0.39 is 8.32 Å². The monoisotopic (exact) mass is 324 g/mol. The van der Waals surface area contributed by atoms with Gasteiger partial charge in [0.1, 0.15) is 5.75 Å². The largest absolute Gasteiger partial charge is 0.544 e. The van der Waals surface area contributed by atoms with E-state index in [2.05, 4.69) is 45.3 Å². The maximum Gasteiger partial charge on any atom is 0.250 e. The number of anilines is 2. The van der Waals surface area contributed by atoms with Gasteiger partial charge in [-0.1, -0.05) is 20.8 Å². The first kappa shape index (κ1) is 17.1. The number of nitrogens with zero attached hydrogens (tertiary/aromatic N) is 1. The van der Waals surface area contributed by atoms with Crippen molar-refractivity contribution >= 4 is 19.7 Å². The van der Waals surface area contributed by atoms with Gasteiger partial charge < -0.3 is 9.74 Å². The van der Waals surface area contributed by atoms with E-state index in [0.29, 0.717) is 5.56 Å². The van der Waals surface area contributed by atoms with Crippen LogP contribution in [0.2, 0.25) is 18.1 Å². The van der Waals surface area contributed by atoms with Crippen molar-refractivity contribution in [3.8, 4) is 11.8 Å². The molecule has 0 saturated heterocycles. The van der Waals surface area contributed by atoms with Gasteiger partial charge in [-0.3, -0.25) is 0 Å². The Kier molecular flexibility index (Phi) is 4.81. The molecule has 0 aliphatic carbocycles. The van der Waals surface area contributed by atoms with E-state index >= 15 is 0 Å². The molecule has 0 fully saturated rings. The molecule has 2 aromatic rings. The van der Waals surface area contributed by atoms with Crippen LogP contribution in [-0.4, -0.2) is 8.32 Å². The zero-order valence-electron chi connectivity index (χ0n) is 14.5. The number of rotatable bonds is 4. The van der Waals surface area contributed by atoms with Crippen LogP contribution in [0.3, 0.4) is 0 Å². The molecule has 0 amide bonds. The Balaban J connectivity index is 2.06. The quantitative estimate of drug-likeness (QED) is 0.735. The molecule has 3 nitrogen and oxygen atoms in total. The average molecular weight is 325 g/mol. The topological polar surface area (TPSA) is 45.0 Å². The maximum atomic E-state index is 8.82. The molecule has 0 aliphatic heterocycles. The van der Waals surface area contributed by atoms with Crippen LogP contribution in [0, 0.1) is 11.3 Å². The lowest BCUT2D eigenvalue weighted by molar-refractivity contribution is 0.492. The van der Waals surface area contributed by atoms with Gasteiger partial charge in [-0.25, -0.2) is 0 Å². The number of hydrogen-bond donors (Lipinski definition) is 1. The summed E-state index contributed by atoms with van der Waals surface area (Å²) >= 11 is 0. The molecule has 0 aromatic heterocycles. The van der Waals surface area contributed by atoms with Crippen LogP contribution in [0.5, 0.6) is 5.75 Å². The van der Waals surface area contributed by atoms with Crippen molar-refractivity contribution in [2.45, 2.75) is 38.9 Å². The van der Waals surface area contributed by atoms with Gasteiger partial charge in [0.25, 0.3) is 0 Å². The summed E-state index contributed by atoms with van der Waals surface area (Å²) in [4.78, 5) is 0. The van der Waals surface area contributed by atoms with Gasteiger partial charge in [-0.2, -0.15) is 5.26 Å². The van der Waals surface area contributed by atoms with Crippen LogP contribution >= 0.6 is 0 Å². The van der Waals surface area contributed by atoms with Crippen molar-refractivity contribution in [3.63, 3.8) is 0 Å². The molecule has 1 N–H and O–H groups in total. The number of nitrogens with one attached hydrogen (secondary N) is 1. The van der Waals surface area contributed by atoms with E-state index in [1.807, 2.05) is 36.4 Å². The van der Waals surface area contributed by atoms with Gasteiger partial charge in [0.05, 0.1) is 11.6 Å². The van der Waals surface area contributed by atoms with Crippen LogP contribution in [0.4, 0.5) is 11.4 Å². The normalized spacial score (nSPS) is 11.7. The molecule has 0 spiro atoms. The van der Waals surface area contributed by atoms with E-state index in [1.54, 1.807) is 12.1 Å². The predicted octanol–water partition coefficient (Wildman–Crippen LogP) is 5.69. The number of nitriles is 1. The van der Waals surface area contributed by atoms with Crippen LogP contribution in [-0.2, 0) is 0 Å². The Bertz CT molecular complexity index is 692. The minimum absolute atomic E-state index is 0.187. The Morgan fingerprint density at radius 2 is 1.39 bits per heavy atom. The smallest absolute Gasteiger partial charge is 0.250 e. The second-order valence-corrected chi connectivity index (χ2v) is 11.9. The van der Waals surface area contributed by atoms with Crippen molar-refractivity contribution in [2.24, 2.45) is 0 Å². The van der Waals surface area contributed by atoms with Gasteiger partial charge in [0.15, 0.2) is 0 Å². The average Bonchev–Trinajstić information content (AvgIpc) is 2.48. The van der Waals surface area contributed by atoms with Crippen molar-refractivity contribution in [3.05, 3.63) is 54.1 Å². The van der Waals surface area contributed by atoms with Crippen molar-refractivity contribution in [1.29, 1.82) is 5.26 Å². The Morgan fingerprint density at radius 3 is 1.83 bits per heavy atom. The van der Waals surface area contributed by atoms with Crippen molar-refractivity contribution < 1.29 is 4.43 Å². The summed E-state index contributed by atoms with van der Waals surface area (Å²) in [6.07, 6.45) is 0. The molecule has 0 radical (unpaired) electrons. The molecule has 0 saturated carbocycles. The molecule has 0 unspecified atom stereocenters. The Labute approximate surface area is 140 Å². The van der Waals surface area contributed by atoms with Crippen LogP contribution in [0.25, 0.3) is 0 Å². The van der Waals surface area contributed by atoms with Gasteiger partial charge in [0.2, 0.25) is 8.32 Å². The van der Waals surface area contributed by atoms with Gasteiger partial charge in [-0.15, -0.1) is 0 Å². The first-order valence-electron chi connectivity index (χ1n) is 7.77. The fraction of sp³-hybridized carbons (Fsp3) is 0.316. The standard InChI is InChI=1S/C19H24N2OSi/c1-19(2,3)23(4,5)22-18-12-10-17(11-13-18)21-16-8-6-15(14-20)7-9-16/h6-13,21H,1-5H3. The Morgan fingerprint density at radius 1 is 0.913 bits per heavy atom. The summed E-state index contributed by atoms with van der Waals surface area (Å²) in [6, 6.07) is 17.6. The first-order chi connectivity index (χ1) is 10.7. The van der Waals surface area contributed by atoms with Crippen LogP contribution in [0.1, 0.15) is 26.3 Å². The molecule has 0 heterocycles. The molecular formula is C19H24N2OSi. The third-order valence-electron chi connectivity index (χ3n) is 4.34. The second-order valence-electron chi connectivity index (χ2n) is 7.20. The molecule has 2 rings (SSSR count). The molecule has 0 aliphatic rings. The minimum Gasteiger partial charge on any atom is -0.544 e. The molecular weight excluding hydrogens is 300 g/mol. The summed E-state index contributed by atoms with van der Waals surface area (Å²) in [5, 5.41) is 12.3. The van der Waals surface area contributed by atoms with E-state index in [0.717, 1.165) is 17.1 Å². The number of benzene rings is 2. The summed E-state index contributed by atoms with van der Waals surface area (Å²) in [5.74, 6) is 0.918. The van der Waals surface area contributed by atoms with E-state index in [4.69, 9.17) is 9.69 Å². The fourth-order valence-electron chi connectivity index (χ4n) is 1.85. The third kappa shape index (κ3) is 4.36. The SMILES string of the molecule is CC(C)(C)[Si](C)(C)Oc1ccc(Nc2ccc(C#N)cc2)cc1. The second kappa shape index (κ2) is 6.47. The molecule has 0 bridgehead atoms. The molecule has 4 heteroatoms. The highest BCUT2D eigenvalue weighted by Crippen LogP contribution is 2.37. The lowest BCUT2D eigenvalue weighted by Crippen LogP contribution is -2.43. The fourth-order valence-corrected chi connectivity index (χ4v) is 2.88. The zero-order chi connectivity index (χ0) is 17.1. The summed E-state index contributed by atoms with van der Waals surface area (Å²) in [5.41, 5.74) is 2.62. The number of hydrogen-bond acceptors (Lipinski definition) is 3. The lowest BCUT2D eigenvalue weighted by atomic mass is 10.2. The first-order valence-corrected chi connectivity index (χ1v) is 10.7. The van der Waals surface area contributed by atoms with Crippen molar-refractivity contribution in [1.82, 2.24) is 0 Å². The summed E-state index contributed by atoms with van der Waals surface area (Å²) in [6.45, 7) is 11.2. The molecule has 0 atom stereocenters. The molecule has 23 heavy (non-hydrogen) atoms. The van der Waals surface area contributed by atoms with Crippen LogP contribution < -0.4 is 9.74 Å². The van der Waals surface area contributed by atoms with E-state index in [1.165, 1.54) is 0 Å². The lowest BCUT2D eigenvalue weighted by Gasteiger charge is -2.36. The highest BCUT2D eigenvalue weighted by Gasteiger charge is 2.38. The zero-order valence-corrected chi connectivity index (χ0v) is 15.5. The van der Waals surface area contributed by atoms with Gasteiger partial charge >= 0.3 is 0 Å². The summed E-state index contributed by atoms with van der Waals surface area (Å²) in [7, 11) is -1.80. The third-order valence-corrected chi connectivity index (χ3v) is 8.69. The predicted molar refractivity (Wildman–Crippen MR) is 98.7 cm³/mol. The maximum absolute atomic E-state index is 8.82. The highest BCUT2D eigenvalue weighted by molar-refractivity contribution is 6.74. The summed E-state index contributed by atoms with van der Waals surface area (Å²) < 4.78 is 6.28. The highest BCUT2D eigenvalue weighted by atomic mass is 28.4. The minimum atomic E-state index is -1.80. The molecule has 120 valence electrons. The van der Waals surface area contributed by atoms with Gasteiger partial charge in [-0.05, 0) is 66.7 Å².